The molecule has 2 aliphatic rings. The van der Waals surface area contributed by atoms with E-state index in [0.29, 0.717) is 24.2 Å². The number of unbranched alkanes of at least 4 members (excludes halogenated alkanes) is 3. The monoisotopic (exact) mass is 414 g/mol. The van der Waals surface area contributed by atoms with Crippen molar-refractivity contribution >= 4 is 5.97 Å². The van der Waals surface area contributed by atoms with E-state index in [9.17, 15) is 15.0 Å². The minimum Gasteiger partial charge on any atom is -0.508 e. The number of allylic oxidation sites excluding steroid dienone is 1. The molecule has 0 bridgehead atoms. The lowest BCUT2D eigenvalue weighted by Crippen LogP contribution is -2.53. The van der Waals surface area contributed by atoms with Crippen molar-refractivity contribution in [3.8, 4) is 11.5 Å². The van der Waals surface area contributed by atoms with Crippen molar-refractivity contribution in [2.75, 3.05) is 0 Å². The molecule has 1 aliphatic carbocycles. The van der Waals surface area contributed by atoms with Gasteiger partial charge in [0.25, 0.3) is 0 Å². The fraction of sp³-hybridized carbons (Fsp3) is 0.654. The quantitative estimate of drug-likeness (QED) is 0.487. The number of rotatable bonds is 7. The maximum absolute atomic E-state index is 11.7. The Labute approximate surface area is 181 Å². The maximum Gasteiger partial charge on any atom is 0.331 e. The number of phenolic OH excluding ortho intramolecular Hbond substituents is 1. The fourth-order valence-corrected chi connectivity index (χ4v) is 5.23. The number of fused-ring (bicyclic) bond motifs is 3. The van der Waals surface area contributed by atoms with Gasteiger partial charge in [-0.15, -0.1) is 0 Å². The van der Waals surface area contributed by atoms with Gasteiger partial charge in [-0.3, -0.25) is 0 Å². The van der Waals surface area contributed by atoms with E-state index in [4.69, 9.17) is 4.74 Å². The van der Waals surface area contributed by atoms with Crippen LogP contribution in [0.25, 0.3) is 0 Å². The summed E-state index contributed by atoms with van der Waals surface area (Å²) in [4.78, 5) is 11.7. The number of aliphatic carboxylic acids is 1. The first-order valence-corrected chi connectivity index (χ1v) is 11.4. The number of ether oxygens (including phenoxy) is 1. The zero-order valence-corrected chi connectivity index (χ0v) is 19.5. The van der Waals surface area contributed by atoms with Crippen LogP contribution in [0.3, 0.4) is 0 Å². The van der Waals surface area contributed by atoms with E-state index in [0.717, 1.165) is 17.5 Å². The normalized spacial score (nSPS) is 25.0. The third-order valence-electron chi connectivity index (χ3n) is 7.89. The van der Waals surface area contributed by atoms with Gasteiger partial charge in [-0.25, -0.2) is 4.79 Å². The van der Waals surface area contributed by atoms with Crippen LogP contribution in [0.1, 0.15) is 104 Å². The van der Waals surface area contributed by atoms with Crippen LogP contribution in [0.15, 0.2) is 23.8 Å². The van der Waals surface area contributed by atoms with E-state index in [1.807, 2.05) is 12.1 Å². The number of carboxylic acid groups (broad SMARTS) is 1. The number of hydrogen-bond donors (Lipinski definition) is 2. The Bertz CT molecular complexity index is 849. The van der Waals surface area contributed by atoms with Gasteiger partial charge in [-0.1, -0.05) is 59.5 Å². The minimum absolute atomic E-state index is 0.0623. The molecule has 1 aromatic rings. The molecule has 1 aliphatic heterocycles. The van der Waals surface area contributed by atoms with Gasteiger partial charge < -0.3 is 14.9 Å². The van der Waals surface area contributed by atoms with E-state index >= 15 is 0 Å². The van der Waals surface area contributed by atoms with Gasteiger partial charge >= 0.3 is 5.97 Å². The molecule has 3 rings (SSSR count). The highest BCUT2D eigenvalue weighted by atomic mass is 16.5. The largest absolute Gasteiger partial charge is 0.508 e. The number of benzene rings is 1. The summed E-state index contributed by atoms with van der Waals surface area (Å²) in [6.45, 7) is 13.0. The van der Waals surface area contributed by atoms with E-state index in [-0.39, 0.29) is 22.5 Å². The number of carboxylic acids is 1. The summed E-state index contributed by atoms with van der Waals surface area (Å²) in [6.07, 6.45) is 8.79. The molecule has 1 aromatic carbocycles. The third kappa shape index (κ3) is 3.86. The fourth-order valence-electron chi connectivity index (χ4n) is 5.23. The first-order valence-electron chi connectivity index (χ1n) is 11.4. The van der Waals surface area contributed by atoms with Gasteiger partial charge in [0.05, 0.1) is 0 Å². The summed E-state index contributed by atoms with van der Waals surface area (Å²) < 4.78 is 6.51. The first-order chi connectivity index (χ1) is 13.9. The third-order valence-corrected chi connectivity index (χ3v) is 7.89. The molecule has 0 unspecified atom stereocenters. The Morgan fingerprint density at radius 1 is 1.20 bits per heavy atom. The molecular formula is C26H38O4. The second-order valence-electron chi connectivity index (χ2n) is 10.6. The Balaban J connectivity index is 2.01. The standard InChI is InChI=1S/C26H38O4/c1-7-8-9-10-12-24(2,3)18-15-20(27)22-19-14-17(23(28)29)11-13-26(19,6)25(4,5)30-21(22)16-18/h11,15-16,19,27H,7-10,12-14H2,1-6H3,(H,28,29)/t19-,26+/m0/s1. The average Bonchev–Trinajstić information content (AvgIpc) is 2.64. The number of hydrogen-bond acceptors (Lipinski definition) is 3. The van der Waals surface area contributed by atoms with Crippen LogP contribution in [0, 0.1) is 5.41 Å². The summed E-state index contributed by atoms with van der Waals surface area (Å²) in [5.74, 6) is -0.00506. The zero-order valence-electron chi connectivity index (χ0n) is 19.5. The molecule has 0 amide bonds. The predicted octanol–water partition coefficient (Wildman–Crippen LogP) is 6.71. The van der Waals surface area contributed by atoms with Crippen molar-refractivity contribution in [1.29, 1.82) is 0 Å². The molecule has 2 N–H and O–H groups in total. The van der Waals surface area contributed by atoms with Gasteiger partial charge in [-0.05, 0) is 56.2 Å². The topological polar surface area (TPSA) is 66.8 Å². The van der Waals surface area contributed by atoms with E-state index in [1.54, 1.807) is 0 Å². The minimum atomic E-state index is -0.868. The average molecular weight is 415 g/mol. The number of phenols is 1. The van der Waals surface area contributed by atoms with Crippen molar-refractivity contribution in [2.24, 2.45) is 5.41 Å². The van der Waals surface area contributed by atoms with Crippen LogP contribution in [0.5, 0.6) is 11.5 Å². The number of aromatic hydroxyl groups is 1. The molecule has 0 saturated heterocycles. The summed E-state index contributed by atoms with van der Waals surface area (Å²) in [5.41, 5.74) is 1.47. The Morgan fingerprint density at radius 3 is 2.53 bits per heavy atom. The summed E-state index contributed by atoms with van der Waals surface area (Å²) in [7, 11) is 0. The molecule has 30 heavy (non-hydrogen) atoms. The van der Waals surface area contributed by atoms with Crippen LogP contribution in [-0.4, -0.2) is 21.8 Å². The van der Waals surface area contributed by atoms with Crippen LogP contribution in [0.4, 0.5) is 0 Å². The molecule has 4 nitrogen and oxygen atoms in total. The second kappa shape index (κ2) is 7.94. The zero-order chi connectivity index (χ0) is 22.3. The molecule has 2 atom stereocenters. The van der Waals surface area contributed by atoms with Crippen molar-refractivity contribution < 1.29 is 19.7 Å². The maximum atomic E-state index is 11.7. The lowest BCUT2D eigenvalue weighted by molar-refractivity contribution is -0.133. The van der Waals surface area contributed by atoms with Gasteiger partial charge in [0.2, 0.25) is 0 Å². The molecule has 4 heteroatoms. The van der Waals surface area contributed by atoms with Crippen molar-refractivity contribution in [3.63, 3.8) is 0 Å². The van der Waals surface area contributed by atoms with Crippen LogP contribution >= 0.6 is 0 Å². The highest BCUT2D eigenvalue weighted by Gasteiger charge is 2.55. The van der Waals surface area contributed by atoms with Gasteiger partial charge in [-0.2, -0.15) is 0 Å². The molecule has 0 spiro atoms. The molecule has 1 heterocycles. The summed E-state index contributed by atoms with van der Waals surface area (Å²) >= 11 is 0. The number of carbonyl (C=O) groups is 1. The smallest absolute Gasteiger partial charge is 0.331 e. The molecular weight excluding hydrogens is 376 g/mol. The second-order valence-corrected chi connectivity index (χ2v) is 10.6. The van der Waals surface area contributed by atoms with Gasteiger partial charge in [0.1, 0.15) is 17.1 Å². The highest BCUT2D eigenvalue weighted by Crippen LogP contribution is 2.61. The lowest BCUT2D eigenvalue weighted by Gasteiger charge is -2.54. The van der Waals surface area contributed by atoms with Crippen LogP contribution in [-0.2, 0) is 10.2 Å². The van der Waals surface area contributed by atoms with E-state index in [2.05, 4.69) is 47.6 Å². The summed E-state index contributed by atoms with van der Waals surface area (Å²) in [5, 5.41) is 20.7. The first kappa shape index (κ1) is 22.7. The molecule has 0 saturated carbocycles. The van der Waals surface area contributed by atoms with Gasteiger partial charge in [0.15, 0.2) is 0 Å². The Kier molecular flexibility index (Phi) is 6.01. The Hall–Kier alpha value is -1.97. The molecule has 0 radical (unpaired) electrons. The predicted molar refractivity (Wildman–Crippen MR) is 120 cm³/mol. The van der Waals surface area contributed by atoms with Crippen LogP contribution < -0.4 is 4.74 Å². The SMILES string of the molecule is CCCCCCC(C)(C)c1cc(O)c2c(c1)OC(C)(C)[C@]1(C)CC=C(C(=O)O)C[C@@H]21. The van der Waals surface area contributed by atoms with Crippen LogP contribution in [0.2, 0.25) is 0 Å². The van der Waals surface area contributed by atoms with Gasteiger partial charge in [0, 0.05) is 22.5 Å². The highest BCUT2D eigenvalue weighted by molar-refractivity contribution is 5.87. The Morgan fingerprint density at radius 2 is 1.90 bits per heavy atom. The van der Waals surface area contributed by atoms with E-state index < -0.39 is 11.6 Å². The van der Waals surface area contributed by atoms with Crippen molar-refractivity contribution in [1.82, 2.24) is 0 Å². The summed E-state index contributed by atoms with van der Waals surface area (Å²) in [6, 6.07) is 3.98. The van der Waals surface area contributed by atoms with E-state index in [1.165, 1.54) is 25.7 Å². The molecule has 0 aromatic heterocycles. The molecule has 166 valence electrons. The lowest BCUT2D eigenvalue weighted by atomic mass is 9.56. The van der Waals surface area contributed by atoms with Crippen molar-refractivity contribution in [2.45, 2.75) is 103 Å². The van der Waals surface area contributed by atoms with Crippen molar-refractivity contribution in [3.05, 3.63) is 34.9 Å². The molecule has 0 fully saturated rings.